The Morgan fingerprint density at radius 1 is 1.08 bits per heavy atom. The van der Waals surface area contributed by atoms with E-state index >= 15 is 0 Å². The molecular formula is C22H28N2O2. The largest absolute Gasteiger partial charge is 0.493 e. The Hall–Kier alpha value is -2.49. The van der Waals surface area contributed by atoms with Crippen LogP contribution >= 0.6 is 0 Å². The minimum absolute atomic E-state index is 0.578. The molecule has 0 fully saturated rings. The Balaban J connectivity index is 1.81. The van der Waals surface area contributed by atoms with Gasteiger partial charge in [-0.05, 0) is 42.7 Å². The van der Waals surface area contributed by atoms with Crippen molar-refractivity contribution in [3.63, 3.8) is 0 Å². The zero-order valence-electron chi connectivity index (χ0n) is 15.9. The van der Waals surface area contributed by atoms with Crippen molar-refractivity contribution < 1.29 is 9.47 Å². The Kier molecular flexibility index (Phi) is 6.16. The molecule has 0 bridgehead atoms. The Morgan fingerprint density at radius 3 is 2.65 bits per heavy atom. The molecule has 0 spiro atoms. The molecule has 4 heteroatoms. The molecule has 138 valence electrons. The molecule has 3 aromatic rings. The number of methoxy groups -OCH3 is 1. The number of nitrogens with one attached hydrogen (secondary N) is 1. The minimum Gasteiger partial charge on any atom is -0.493 e. The van der Waals surface area contributed by atoms with Crippen molar-refractivity contribution in [2.24, 2.45) is 5.92 Å². The Labute approximate surface area is 155 Å². The number of benzene rings is 2. The third-order valence-corrected chi connectivity index (χ3v) is 4.84. The van der Waals surface area contributed by atoms with E-state index in [9.17, 15) is 0 Å². The van der Waals surface area contributed by atoms with Gasteiger partial charge in [0.25, 0.3) is 0 Å². The maximum Gasteiger partial charge on any atom is 0.161 e. The van der Waals surface area contributed by atoms with E-state index < -0.39 is 0 Å². The summed E-state index contributed by atoms with van der Waals surface area (Å²) in [5.74, 6) is 2.96. The highest BCUT2D eigenvalue weighted by Gasteiger charge is 2.13. The van der Waals surface area contributed by atoms with Crippen LogP contribution in [0, 0.1) is 5.92 Å². The average Bonchev–Trinajstić information content (AvgIpc) is 3.12. The van der Waals surface area contributed by atoms with Crippen molar-refractivity contribution in [1.29, 1.82) is 0 Å². The maximum absolute atomic E-state index is 6.15. The van der Waals surface area contributed by atoms with Crippen molar-refractivity contribution in [1.82, 2.24) is 9.97 Å². The number of H-pyrrole nitrogens is 1. The van der Waals surface area contributed by atoms with Crippen LogP contribution in [-0.4, -0.2) is 23.7 Å². The quantitative estimate of drug-likeness (QED) is 0.527. The van der Waals surface area contributed by atoms with Crippen LogP contribution in [0.1, 0.15) is 39.5 Å². The molecular weight excluding hydrogens is 324 g/mol. The normalized spacial score (nSPS) is 12.3. The first-order valence-electron chi connectivity index (χ1n) is 9.51. The van der Waals surface area contributed by atoms with Gasteiger partial charge >= 0.3 is 0 Å². The second-order valence-corrected chi connectivity index (χ2v) is 6.70. The van der Waals surface area contributed by atoms with Crippen molar-refractivity contribution >= 4 is 11.0 Å². The number of unbranched alkanes of at least 4 members (excludes halogenated alkanes) is 1. The van der Waals surface area contributed by atoms with Gasteiger partial charge in [-0.15, -0.1) is 0 Å². The van der Waals surface area contributed by atoms with Gasteiger partial charge in [0.05, 0.1) is 24.8 Å². The Morgan fingerprint density at radius 2 is 1.92 bits per heavy atom. The number of para-hydroxylation sites is 2. The van der Waals surface area contributed by atoms with Gasteiger partial charge in [-0.25, -0.2) is 4.98 Å². The van der Waals surface area contributed by atoms with Gasteiger partial charge in [0.2, 0.25) is 0 Å². The fraction of sp³-hybridized carbons (Fsp3) is 0.409. The van der Waals surface area contributed by atoms with E-state index in [1.54, 1.807) is 7.11 Å². The highest BCUT2D eigenvalue weighted by Crippen LogP contribution is 2.33. The van der Waals surface area contributed by atoms with Crippen LogP contribution in [0.15, 0.2) is 42.5 Å². The Bertz CT molecular complexity index is 808. The summed E-state index contributed by atoms with van der Waals surface area (Å²) in [5, 5.41) is 0. The number of aromatic nitrogens is 2. The van der Waals surface area contributed by atoms with Crippen LogP contribution < -0.4 is 9.47 Å². The molecule has 0 radical (unpaired) electrons. The van der Waals surface area contributed by atoms with Crippen LogP contribution in [0.25, 0.3) is 22.4 Å². The number of imidazole rings is 1. The first-order chi connectivity index (χ1) is 12.7. The van der Waals surface area contributed by atoms with Crippen LogP contribution in [0.2, 0.25) is 0 Å². The fourth-order valence-corrected chi connectivity index (χ4v) is 3.13. The first-order valence-corrected chi connectivity index (χ1v) is 9.51. The van der Waals surface area contributed by atoms with E-state index in [1.165, 1.54) is 19.3 Å². The number of hydrogen-bond donors (Lipinski definition) is 1. The predicted octanol–water partition coefficient (Wildman–Crippen LogP) is 5.83. The van der Waals surface area contributed by atoms with E-state index in [0.29, 0.717) is 5.92 Å². The van der Waals surface area contributed by atoms with Crippen molar-refractivity contribution in [3.8, 4) is 22.9 Å². The minimum atomic E-state index is 0.578. The number of aromatic amines is 1. The molecule has 0 saturated carbocycles. The van der Waals surface area contributed by atoms with Crippen LogP contribution in [0.4, 0.5) is 0 Å². The second-order valence-electron chi connectivity index (χ2n) is 6.70. The summed E-state index contributed by atoms with van der Waals surface area (Å²) >= 11 is 0. The molecule has 2 aromatic carbocycles. The topological polar surface area (TPSA) is 47.1 Å². The van der Waals surface area contributed by atoms with Crippen LogP contribution in [0.3, 0.4) is 0 Å². The summed E-state index contributed by atoms with van der Waals surface area (Å²) in [6, 6.07) is 14.0. The molecule has 0 amide bonds. The number of fused-ring (bicyclic) bond motifs is 1. The fourth-order valence-electron chi connectivity index (χ4n) is 3.13. The standard InChI is InChI=1S/C22H28N2O2/c1-4-6-9-16(5-2)15-26-21-14-17(12-13-20(21)25-3)22-23-18-10-7-8-11-19(18)24-22/h7-8,10-14,16H,4-6,9,15H2,1-3H3,(H,23,24). The zero-order valence-corrected chi connectivity index (χ0v) is 15.9. The first kappa shape index (κ1) is 18.3. The molecule has 0 saturated heterocycles. The van der Waals surface area contributed by atoms with Gasteiger partial charge in [0.15, 0.2) is 11.5 Å². The number of nitrogens with zero attached hydrogens (tertiary/aromatic N) is 1. The molecule has 1 atom stereocenters. The zero-order chi connectivity index (χ0) is 18.4. The lowest BCUT2D eigenvalue weighted by Crippen LogP contribution is -2.11. The van der Waals surface area contributed by atoms with E-state index in [2.05, 4.69) is 23.8 Å². The summed E-state index contributed by atoms with van der Waals surface area (Å²) in [7, 11) is 1.68. The third kappa shape index (κ3) is 4.18. The molecule has 26 heavy (non-hydrogen) atoms. The van der Waals surface area contributed by atoms with Gasteiger partial charge < -0.3 is 14.5 Å². The number of ether oxygens (including phenoxy) is 2. The van der Waals surface area contributed by atoms with Gasteiger partial charge in [0, 0.05) is 5.56 Å². The molecule has 1 heterocycles. The molecule has 4 nitrogen and oxygen atoms in total. The lowest BCUT2D eigenvalue weighted by molar-refractivity contribution is 0.224. The summed E-state index contributed by atoms with van der Waals surface area (Å²) in [6.45, 7) is 5.18. The monoisotopic (exact) mass is 352 g/mol. The third-order valence-electron chi connectivity index (χ3n) is 4.84. The van der Waals surface area contributed by atoms with E-state index in [1.807, 2.05) is 42.5 Å². The summed E-state index contributed by atoms with van der Waals surface area (Å²) in [6.07, 6.45) is 4.81. The van der Waals surface area contributed by atoms with Crippen molar-refractivity contribution in [3.05, 3.63) is 42.5 Å². The lowest BCUT2D eigenvalue weighted by Gasteiger charge is -2.17. The van der Waals surface area contributed by atoms with E-state index in [4.69, 9.17) is 9.47 Å². The van der Waals surface area contributed by atoms with Crippen molar-refractivity contribution in [2.45, 2.75) is 39.5 Å². The molecule has 1 N–H and O–H groups in total. The van der Waals surface area contributed by atoms with Crippen molar-refractivity contribution in [2.75, 3.05) is 13.7 Å². The molecule has 1 unspecified atom stereocenters. The van der Waals surface area contributed by atoms with Gasteiger partial charge in [-0.1, -0.05) is 45.2 Å². The van der Waals surface area contributed by atoms with E-state index in [0.717, 1.165) is 46.9 Å². The number of hydrogen-bond acceptors (Lipinski definition) is 3. The molecule has 3 rings (SSSR count). The lowest BCUT2D eigenvalue weighted by atomic mass is 10.0. The highest BCUT2D eigenvalue weighted by molar-refractivity contribution is 5.79. The SMILES string of the molecule is CCCCC(CC)COc1cc(-c2nc3ccccc3[nH]2)ccc1OC. The predicted molar refractivity (Wildman–Crippen MR) is 107 cm³/mol. The average molecular weight is 352 g/mol. The summed E-state index contributed by atoms with van der Waals surface area (Å²) < 4.78 is 11.6. The maximum atomic E-state index is 6.15. The van der Waals surface area contributed by atoms with Crippen LogP contribution in [0.5, 0.6) is 11.5 Å². The number of rotatable bonds is 9. The molecule has 0 aliphatic rings. The van der Waals surface area contributed by atoms with Crippen LogP contribution in [-0.2, 0) is 0 Å². The summed E-state index contributed by atoms with van der Waals surface area (Å²) in [5.41, 5.74) is 3.00. The summed E-state index contributed by atoms with van der Waals surface area (Å²) in [4.78, 5) is 8.05. The van der Waals surface area contributed by atoms with Gasteiger partial charge in [0.1, 0.15) is 5.82 Å². The van der Waals surface area contributed by atoms with E-state index in [-0.39, 0.29) is 0 Å². The second kappa shape index (κ2) is 8.75. The molecule has 0 aliphatic heterocycles. The molecule has 0 aliphatic carbocycles. The smallest absolute Gasteiger partial charge is 0.161 e. The highest BCUT2D eigenvalue weighted by atomic mass is 16.5. The van der Waals surface area contributed by atoms with Gasteiger partial charge in [-0.3, -0.25) is 0 Å². The van der Waals surface area contributed by atoms with Gasteiger partial charge in [-0.2, -0.15) is 0 Å². The molecule has 1 aromatic heterocycles.